The van der Waals surface area contributed by atoms with Crippen LogP contribution in [0.4, 0.5) is 17.5 Å². The molecule has 34 heavy (non-hydrogen) atoms. The number of hydrogen-bond acceptors (Lipinski definition) is 10. The van der Waals surface area contributed by atoms with E-state index in [9.17, 15) is 8.42 Å². The first-order valence-corrected chi connectivity index (χ1v) is 11.5. The second-order valence-electron chi connectivity index (χ2n) is 7.28. The number of sulfonamides is 1. The van der Waals surface area contributed by atoms with Gasteiger partial charge in [0.05, 0.1) is 32.4 Å². The summed E-state index contributed by atoms with van der Waals surface area (Å²) >= 11 is 0. The molecule has 4 aromatic rings. The van der Waals surface area contributed by atoms with Gasteiger partial charge in [-0.2, -0.15) is 0 Å². The summed E-state index contributed by atoms with van der Waals surface area (Å²) in [6.45, 7) is 3.73. The summed E-state index contributed by atoms with van der Waals surface area (Å²) in [5, 5.41) is 7.40. The van der Waals surface area contributed by atoms with Crippen molar-refractivity contribution in [3.8, 4) is 17.2 Å². The van der Waals surface area contributed by atoms with Crippen LogP contribution in [-0.2, 0) is 10.0 Å². The van der Waals surface area contributed by atoms with Crippen molar-refractivity contribution in [2.24, 2.45) is 0 Å². The largest absolute Gasteiger partial charge is 0.495 e. The van der Waals surface area contributed by atoms with Gasteiger partial charge in [-0.25, -0.2) is 18.4 Å². The fraction of sp³-hybridized carbons (Fsp3) is 0.227. The molecule has 0 bridgehead atoms. The summed E-state index contributed by atoms with van der Waals surface area (Å²) in [4.78, 5) is 8.57. The number of nitrogens with zero attached hydrogens (tertiary/aromatic N) is 3. The van der Waals surface area contributed by atoms with Gasteiger partial charge in [0.25, 0.3) is 10.0 Å². The molecule has 0 radical (unpaired) electrons. The zero-order valence-electron chi connectivity index (χ0n) is 19.2. The SMILES string of the molecule is COc1cc2c(NS(=O)(=O)c3c(OC)cccc3OC)noc2cc1Nc1nc(C)cc(C)n1. The van der Waals surface area contributed by atoms with E-state index in [1.54, 1.807) is 18.2 Å². The molecule has 0 amide bonds. The predicted octanol–water partition coefficient (Wildman–Crippen LogP) is 3.80. The van der Waals surface area contributed by atoms with Crippen molar-refractivity contribution in [1.82, 2.24) is 15.1 Å². The van der Waals surface area contributed by atoms with Gasteiger partial charge in [0.1, 0.15) is 17.2 Å². The monoisotopic (exact) mass is 485 g/mol. The van der Waals surface area contributed by atoms with Gasteiger partial charge in [-0.3, -0.25) is 4.72 Å². The van der Waals surface area contributed by atoms with Crippen LogP contribution in [-0.4, -0.2) is 44.9 Å². The average Bonchev–Trinajstić information content (AvgIpc) is 3.17. The molecule has 4 rings (SSSR count). The Kier molecular flexibility index (Phi) is 6.16. The summed E-state index contributed by atoms with van der Waals surface area (Å²) in [6, 6.07) is 9.76. The van der Waals surface area contributed by atoms with Crippen molar-refractivity contribution in [3.63, 3.8) is 0 Å². The van der Waals surface area contributed by atoms with Gasteiger partial charge in [-0.05, 0) is 38.1 Å². The van der Waals surface area contributed by atoms with Gasteiger partial charge < -0.3 is 24.1 Å². The first-order valence-electron chi connectivity index (χ1n) is 10.1. The fourth-order valence-electron chi connectivity index (χ4n) is 3.47. The second kappa shape index (κ2) is 9.06. The van der Waals surface area contributed by atoms with Crippen molar-refractivity contribution in [2.75, 3.05) is 31.4 Å². The highest BCUT2D eigenvalue weighted by molar-refractivity contribution is 7.93. The normalized spacial score (nSPS) is 11.3. The third-order valence-electron chi connectivity index (χ3n) is 4.90. The lowest BCUT2D eigenvalue weighted by Crippen LogP contribution is -2.15. The molecular weight excluding hydrogens is 462 g/mol. The van der Waals surface area contributed by atoms with E-state index in [1.807, 2.05) is 19.9 Å². The van der Waals surface area contributed by atoms with Gasteiger partial charge >= 0.3 is 0 Å². The van der Waals surface area contributed by atoms with Crippen molar-refractivity contribution in [2.45, 2.75) is 18.7 Å². The molecule has 2 aromatic carbocycles. The Labute approximate surface area is 196 Å². The molecule has 12 heteroatoms. The number of aromatic nitrogens is 3. The Balaban J connectivity index is 1.73. The highest BCUT2D eigenvalue weighted by Crippen LogP contribution is 2.38. The molecular formula is C22H23N5O6S. The van der Waals surface area contributed by atoms with Crippen LogP contribution in [0.5, 0.6) is 17.2 Å². The molecule has 0 unspecified atom stereocenters. The molecule has 0 spiro atoms. The maximum Gasteiger partial charge on any atom is 0.270 e. The Bertz CT molecular complexity index is 1430. The minimum absolute atomic E-state index is 0.0181. The van der Waals surface area contributed by atoms with Crippen LogP contribution in [0.15, 0.2) is 45.8 Å². The van der Waals surface area contributed by atoms with Gasteiger partial charge in [0, 0.05) is 17.5 Å². The molecule has 0 fully saturated rings. The number of anilines is 3. The molecule has 0 saturated heterocycles. The van der Waals surface area contributed by atoms with Crippen LogP contribution >= 0.6 is 0 Å². The molecule has 0 atom stereocenters. The van der Waals surface area contributed by atoms with E-state index in [4.69, 9.17) is 18.7 Å². The topological polar surface area (TPSA) is 138 Å². The van der Waals surface area contributed by atoms with Gasteiger partial charge in [-0.1, -0.05) is 11.2 Å². The lowest BCUT2D eigenvalue weighted by Gasteiger charge is -2.14. The first kappa shape index (κ1) is 23.1. The maximum atomic E-state index is 13.2. The lowest BCUT2D eigenvalue weighted by atomic mass is 10.2. The Hall–Kier alpha value is -4.06. The van der Waals surface area contributed by atoms with Crippen LogP contribution < -0.4 is 24.2 Å². The summed E-state index contributed by atoms with van der Waals surface area (Å²) in [5.41, 5.74) is 2.45. The molecule has 2 aromatic heterocycles. The van der Waals surface area contributed by atoms with Crippen molar-refractivity contribution >= 4 is 38.4 Å². The van der Waals surface area contributed by atoms with E-state index in [-0.39, 0.29) is 22.2 Å². The maximum absolute atomic E-state index is 13.2. The molecule has 178 valence electrons. The number of hydrogen-bond donors (Lipinski definition) is 2. The van der Waals surface area contributed by atoms with Crippen molar-refractivity contribution in [1.29, 1.82) is 0 Å². The average molecular weight is 486 g/mol. The molecule has 2 heterocycles. The highest BCUT2D eigenvalue weighted by atomic mass is 32.2. The number of rotatable bonds is 8. The summed E-state index contributed by atoms with van der Waals surface area (Å²) < 4.78 is 50.2. The molecule has 0 saturated carbocycles. The van der Waals surface area contributed by atoms with E-state index < -0.39 is 10.0 Å². The van der Waals surface area contributed by atoms with E-state index >= 15 is 0 Å². The van der Waals surface area contributed by atoms with Gasteiger partial charge in [-0.15, -0.1) is 0 Å². The van der Waals surface area contributed by atoms with Gasteiger partial charge in [0.2, 0.25) is 5.95 Å². The minimum Gasteiger partial charge on any atom is -0.495 e. The Morgan fingerprint density at radius 2 is 1.50 bits per heavy atom. The predicted molar refractivity (Wildman–Crippen MR) is 126 cm³/mol. The summed E-state index contributed by atoms with van der Waals surface area (Å²) in [5.74, 6) is 1.03. The molecule has 0 aliphatic heterocycles. The van der Waals surface area contributed by atoms with E-state index in [2.05, 4.69) is 25.2 Å². The molecule has 0 aliphatic rings. The van der Waals surface area contributed by atoms with Crippen LogP contribution in [0.25, 0.3) is 11.0 Å². The lowest BCUT2D eigenvalue weighted by molar-refractivity contribution is 0.373. The smallest absolute Gasteiger partial charge is 0.270 e. The number of nitrogens with one attached hydrogen (secondary N) is 2. The van der Waals surface area contributed by atoms with E-state index in [0.717, 1.165) is 11.4 Å². The zero-order chi connectivity index (χ0) is 24.5. The first-order chi connectivity index (χ1) is 16.2. The van der Waals surface area contributed by atoms with Crippen LogP contribution in [0, 0.1) is 13.8 Å². The van der Waals surface area contributed by atoms with Crippen LogP contribution in [0.2, 0.25) is 0 Å². The van der Waals surface area contributed by atoms with Crippen LogP contribution in [0.3, 0.4) is 0 Å². The molecule has 11 nitrogen and oxygen atoms in total. The van der Waals surface area contributed by atoms with Crippen LogP contribution in [0.1, 0.15) is 11.4 Å². The summed E-state index contributed by atoms with van der Waals surface area (Å²) in [6.07, 6.45) is 0. The fourth-order valence-corrected chi connectivity index (χ4v) is 4.80. The van der Waals surface area contributed by atoms with Crippen molar-refractivity contribution < 1.29 is 27.2 Å². The van der Waals surface area contributed by atoms with E-state index in [1.165, 1.54) is 33.5 Å². The second-order valence-corrected chi connectivity index (χ2v) is 8.90. The third kappa shape index (κ3) is 4.39. The third-order valence-corrected chi connectivity index (χ3v) is 6.31. The zero-order valence-corrected chi connectivity index (χ0v) is 20.0. The van der Waals surface area contributed by atoms with E-state index in [0.29, 0.717) is 28.4 Å². The van der Waals surface area contributed by atoms with Gasteiger partial charge in [0.15, 0.2) is 16.3 Å². The molecule has 0 aliphatic carbocycles. The number of aryl methyl sites for hydroxylation is 2. The number of benzene rings is 2. The highest BCUT2D eigenvalue weighted by Gasteiger charge is 2.27. The Morgan fingerprint density at radius 1 is 0.882 bits per heavy atom. The Morgan fingerprint density at radius 3 is 2.09 bits per heavy atom. The minimum atomic E-state index is -4.15. The number of fused-ring (bicyclic) bond motifs is 1. The number of methoxy groups -OCH3 is 3. The summed E-state index contributed by atoms with van der Waals surface area (Å²) in [7, 11) is 0.0912. The number of ether oxygens (including phenoxy) is 3. The molecule has 2 N–H and O–H groups in total. The standard InChI is InChI=1S/C22H23N5O6S/c1-12-9-13(2)24-22(23-12)25-15-11-18-14(10-19(15)32-5)21(26-33-18)27-34(28,29)20-16(30-3)7-6-8-17(20)31-4/h6-11H,1-5H3,(H,26,27)(H,23,24,25). The van der Waals surface area contributed by atoms with Crippen molar-refractivity contribution in [3.05, 3.63) is 47.8 Å². The quantitative estimate of drug-likeness (QED) is 0.379.